The number of phenolic OH excluding ortho intramolecular Hbond substituents is 1. The Labute approximate surface area is 195 Å². The molecule has 1 aromatic rings. The number of aliphatic hydroxyl groups is 1. The van der Waals surface area contributed by atoms with Crippen molar-refractivity contribution < 1.29 is 43.9 Å². The Bertz CT molecular complexity index is 1110. The van der Waals surface area contributed by atoms with Crippen molar-refractivity contribution in [1.82, 2.24) is 0 Å². The lowest BCUT2D eigenvalue weighted by molar-refractivity contribution is -0.171. The number of carboxylic acid groups (broad SMARTS) is 1. The average molecular weight is 473 g/mol. The lowest BCUT2D eigenvalue weighted by atomic mass is 9.47. The predicted molar refractivity (Wildman–Crippen MR) is 115 cm³/mol. The van der Waals surface area contributed by atoms with Crippen molar-refractivity contribution in [3.63, 3.8) is 0 Å². The molecule has 3 aliphatic carbocycles. The fraction of sp³-hybridized carbons (Fsp3) is 0.542. The van der Waals surface area contributed by atoms with E-state index in [4.69, 9.17) is 25.1 Å². The van der Waals surface area contributed by atoms with Crippen LogP contribution in [0, 0.1) is 5.92 Å². The summed E-state index contributed by atoms with van der Waals surface area (Å²) >= 11 is 0. The van der Waals surface area contributed by atoms with E-state index in [9.17, 15) is 24.6 Å². The van der Waals surface area contributed by atoms with Crippen LogP contribution in [0.15, 0.2) is 24.0 Å². The summed E-state index contributed by atoms with van der Waals surface area (Å²) in [6.07, 6.45) is 2.21. The Morgan fingerprint density at radius 3 is 2.82 bits per heavy atom. The summed E-state index contributed by atoms with van der Waals surface area (Å²) < 4.78 is 16.8. The zero-order valence-electron chi connectivity index (χ0n) is 18.7. The number of benzene rings is 1. The zero-order chi connectivity index (χ0) is 24.4. The maximum Gasteiger partial charge on any atom is 0.352 e. The van der Waals surface area contributed by atoms with E-state index >= 15 is 0 Å². The maximum atomic E-state index is 12.8. The zero-order valence-corrected chi connectivity index (χ0v) is 18.7. The van der Waals surface area contributed by atoms with Crippen LogP contribution in [0.3, 0.4) is 0 Å². The lowest BCUT2D eigenvalue weighted by Gasteiger charge is -2.59. The first-order chi connectivity index (χ1) is 16.1. The van der Waals surface area contributed by atoms with Gasteiger partial charge < -0.3 is 35.3 Å². The molecular formula is C24H27NO9. The Balaban J connectivity index is 1.40. The van der Waals surface area contributed by atoms with Crippen LogP contribution in [-0.2, 0) is 35.7 Å². The van der Waals surface area contributed by atoms with E-state index in [1.165, 1.54) is 6.92 Å². The van der Waals surface area contributed by atoms with Gasteiger partial charge in [0.1, 0.15) is 11.8 Å². The molecule has 0 radical (unpaired) electrons. The van der Waals surface area contributed by atoms with Gasteiger partial charge in [0, 0.05) is 5.56 Å². The van der Waals surface area contributed by atoms with E-state index in [1.807, 2.05) is 6.07 Å². The van der Waals surface area contributed by atoms with Crippen LogP contribution in [-0.4, -0.2) is 57.1 Å². The summed E-state index contributed by atoms with van der Waals surface area (Å²) in [5.74, 6) is -2.66. The van der Waals surface area contributed by atoms with E-state index in [1.54, 1.807) is 12.1 Å². The van der Waals surface area contributed by atoms with Crippen LogP contribution in [0.25, 0.3) is 0 Å². The van der Waals surface area contributed by atoms with E-state index in [2.05, 4.69) is 0 Å². The molecule has 0 aromatic heterocycles. The quantitative estimate of drug-likeness (QED) is 0.439. The summed E-state index contributed by atoms with van der Waals surface area (Å²) in [4.78, 5) is 35.5. The molecule has 1 spiro atoms. The average Bonchev–Trinajstić information content (AvgIpc) is 3.12. The molecule has 5 rings (SSSR count). The SMILES string of the molecule is C[C@H](OC(=O)C[C@H](N)C(=O)O)C(=O)OC1=CC[C@@]2(O)[C@@H]3CCC[C@@]24c2c(ccc(O)c2O[C@@H]14)C3. The summed E-state index contributed by atoms with van der Waals surface area (Å²) in [7, 11) is 0. The monoisotopic (exact) mass is 473 g/mol. The van der Waals surface area contributed by atoms with Gasteiger partial charge in [-0.2, -0.15) is 0 Å². The summed E-state index contributed by atoms with van der Waals surface area (Å²) in [6.45, 7) is 1.32. The first kappa shape index (κ1) is 22.7. The van der Waals surface area contributed by atoms with Gasteiger partial charge in [-0.15, -0.1) is 0 Å². The molecule has 1 aromatic carbocycles. The van der Waals surface area contributed by atoms with Crippen LogP contribution >= 0.6 is 0 Å². The number of ether oxygens (including phenoxy) is 3. The molecular weight excluding hydrogens is 446 g/mol. The maximum absolute atomic E-state index is 12.8. The van der Waals surface area contributed by atoms with E-state index in [0.29, 0.717) is 18.6 Å². The summed E-state index contributed by atoms with van der Waals surface area (Å²) in [6, 6.07) is 2.01. The second kappa shape index (κ2) is 7.71. The minimum atomic E-state index is -1.44. The number of carboxylic acids is 1. The minimum Gasteiger partial charge on any atom is -0.504 e. The first-order valence-corrected chi connectivity index (χ1v) is 11.4. The van der Waals surface area contributed by atoms with E-state index in [-0.39, 0.29) is 23.8 Å². The molecule has 10 nitrogen and oxygen atoms in total. The van der Waals surface area contributed by atoms with Crippen molar-refractivity contribution in [1.29, 1.82) is 0 Å². The smallest absolute Gasteiger partial charge is 0.352 e. The van der Waals surface area contributed by atoms with Crippen molar-refractivity contribution in [2.24, 2.45) is 11.7 Å². The van der Waals surface area contributed by atoms with Crippen LogP contribution in [0.4, 0.5) is 0 Å². The number of hydrogen-bond acceptors (Lipinski definition) is 9. The second-order valence-electron chi connectivity index (χ2n) is 9.65. The Morgan fingerprint density at radius 1 is 1.32 bits per heavy atom. The van der Waals surface area contributed by atoms with Gasteiger partial charge in [-0.3, -0.25) is 9.59 Å². The van der Waals surface area contributed by atoms with Crippen molar-refractivity contribution in [2.45, 2.75) is 74.7 Å². The highest BCUT2D eigenvalue weighted by Crippen LogP contribution is 2.67. The highest BCUT2D eigenvalue weighted by molar-refractivity contribution is 5.84. The lowest BCUT2D eigenvalue weighted by Crippen LogP contribution is -2.67. The molecule has 182 valence electrons. The third kappa shape index (κ3) is 3.05. The van der Waals surface area contributed by atoms with Crippen LogP contribution in [0.5, 0.6) is 11.5 Å². The molecule has 2 bridgehead atoms. The number of aliphatic carboxylic acids is 1. The third-order valence-electron chi connectivity index (χ3n) is 7.83. The van der Waals surface area contributed by atoms with Gasteiger partial charge in [0.05, 0.1) is 17.4 Å². The fourth-order valence-electron chi connectivity index (χ4n) is 6.29. The standard InChI is InChI=1S/C24H27NO9/c1-11(32-17(27)10-14(25)21(28)29)22(30)33-16-6-8-24(31)13-3-2-7-23(24)18-12(9-13)4-5-15(26)19(18)34-20(16)23/h4-6,11,13-14,20,26,31H,2-3,7-10,25H2,1H3,(H,28,29)/t11-,13+,14-,20-,23-,24+/m0/s1. The van der Waals surface area contributed by atoms with Crippen LogP contribution in [0.1, 0.15) is 50.2 Å². The molecule has 1 saturated carbocycles. The Kier molecular flexibility index (Phi) is 5.14. The first-order valence-electron chi connectivity index (χ1n) is 11.4. The van der Waals surface area contributed by atoms with Crippen LogP contribution < -0.4 is 10.5 Å². The third-order valence-corrected chi connectivity index (χ3v) is 7.83. The van der Waals surface area contributed by atoms with Crippen LogP contribution in [0.2, 0.25) is 0 Å². The number of carbonyl (C=O) groups is 3. The van der Waals surface area contributed by atoms with Gasteiger partial charge in [0.15, 0.2) is 23.7 Å². The molecule has 1 aliphatic heterocycles. The number of nitrogens with two attached hydrogens (primary N) is 1. The van der Waals surface area contributed by atoms with E-state index < -0.39 is 53.6 Å². The molecule has 0 unspecified atom stereocenters. The van der Waals surface area contributed by atoms with Crippen molar-refractivity contribution >= 4 is 17.9 Å². The predicted octanol–water partition coefficient (Wildman–Crippen LogP) is 1.04. The van der Waals surface area contributed by atoms with Crippen molar-refractivity contribution in [3.05, 3.63) is 35.1 Å². The van der Waals surface area contributed by atoms with Gasteiger partial charge in [-0.05, 0) is 56.2 Å². The molecule has 34 heavy (non-hydrogen) atoms. The van der Waals surface area contributed by atoms with E-state index in [0.717, 1.165) is 24.0 Å². The number of aromatic hydroxyl groups is 1. The number of esters is 2. The van der Waals surface area contributed by atoms with Gasteiger partial charge in [-0.25, -0.2) is 4.79 Å². The van der Waals surface area contributed by atoms with Gasteiger partial charge in [-0.1, -0.05) is 12.5 Å². The normalized spacial score (nSPS) is 31.9. The van der Waals surface area contributed by atoms with Gasteiger partial charge >= 0.3 is 17.9 Å². The molecule has 1 fully saturated rings. The molecule has 5 N–H and O–H groups in total. The minimum absolute atomic E-state index is 0.0159. The molecule has 6 atom stereocenters. The highest BCUT2D eigenvalue weighted by atomic mass is 16.6. The second-order valence-corrected chi connectivity index (χ2v) is 9.65. The number of phenols is 1. The number of carbonyl (C=O) groups excluding carboxylic acids is 2. The Morgan fingerprint density at radius 2 is 2.09 bits per heavy atom. The van der Waals surface area contributed by atoms with Crippen molar-refractivity contribution in [3.8, 4) is 11.5 Å². The largest absolute Gasteiger partial charge is 0.504 e. The number of rotatable bonds is 6. The molecule has 1 heterocycles. The topological polar surface area (TPSA) is 166 Å². The summed E-state index contributed by atoms with van der Waals surface area (Å²) in [5, 5.41) is 31.3. The van der Waals surface area contributed by atoms with Gasteiger partial charge in [0.2, 0.25) is 0 Å². The highest BCUT2D eigenvalue weighted by Gasteiger charge is 2.70. The summed E-state index contributed by atoms with van der Waals surface area (Å²) in [5.41, 5.74) is 5.20. The molecule has 10 heteroatoms. The molecule has 4 aliphatic rings. The Hall–Kier alpha value is -3.11. The van der Waals surface area contributed by atoms with Gasteiger partial charge in [0.25, 0.3) is 0 Å². The fourth-order valence-corrected chi connectivity index (χ4v) is 6.29. The molecule has 0 saturated heterocycles. The number of hydrogen-bond donors (Lipinski definition) is 4. The molecule has 0 amide bonds. The van der Waals surface area contributed by atoms with Crippen molar-refractivity contribution in [2.75, 3.05) is 0 Å².